The molecule has 0 amide bonds. The van der Waals surface area contributed by atoms with Crippen molar-refractivity contribution in [3.8, 4) is 0 Å². The summed E-state index contributed by atoms with van der Waals surface area (Å²) in [6.07, 6.45) is 2.06. The highest BCUT2D eigenvalue weighted by Crippen LogP contribution is 2.16. The fraction of sp³-hybridized carbons (Fsp3) is 0.364. The highest BCUT2D eigenvalue weighted by Gasteiger charge is 2.16. The zero-order valence-corrected chi connectivity index (χ0v) is 14.2. The molecule has 2 rings (SSSR count). The van der Waals surface area contributed by atoms with Crippen molar-refractivity contribution in [2.75, 3.05) is 12.0 Å². The number of nitrogens with zero attached hydrogens (tertiary/aromatic N) is 3. The summed E-state index contributed by atoms with van der Waals surface area (Å²) in [6, 6.07) is 1.30. The van der Waals surface area contributed by atoms with Gasteiger partial charge in [-0.2, -0.15) is 13.4 Å². The summed E-state index contributed by atoms with van der Waals surface area (Å²) in [4.78, 5) is 19.7. The number of aromatic nitrogens is 3. The molecule has 0 unspecified atom stereocenters. The lowest BCUT2D eigenvalue weighted by Crippen LogP contribution is -2.23. The minimum Gasteiger partial charge on any atom is -0.291 e. The van der Waals surface area contributed by atoms with Crippen molar-refractivity contribution in [1.29, 1.82) is 0 Å². The number of hydrogen-bond acceptors (Lipinski definition) is 7. The van der Waals surface area contributed by atoms with E-state index in [0.717, 1.165) is 10.8 Å². The van der Waals surface area contributed by atoms with E-state index in [1.807, 2.05) is 0 Å². The van der Waals surface area contributed by atoms with Crippen molar-refractivity contribution in [1.82, 2.24) is 14.5 Å². The predicted molar refractivity (Wildman–Crippen MR) is 83.0 cm³/mol. The summed E-state index contributed by atoms with van der Waals surface area (Å²) in [7, 11) is -7.86. The number of hydrogen-bond donors (Lipinski definition) is 1. The quantitative estimate of drug-likeness (QED) is 0.569. The molecule has 12 heteroatoms. The zero-order valence-electron chi connectivity index (χ0n) is 11.8. The van der Waals surface area contributed by atoms with E-state index < -0.39 is 36.4 Å². The average molecular weight is 382 g/mol. The molecule has 0 atom stereocenters. The Bertz CT molecular complexity index is 1030. The Morgan fingerprint density at radius 2 is 1.96 bits per heavy atom. The normalized spacial score (nSPS) is 12.7. The lowest BCUT2D eigenvalue weighted by molar-refractivity contribution is 0.478. The zero-order chi connectivity index (χ0) is 17.4. The van der Waals surface area contributed by atoms with E-state index in [1.165, 1.54) is 12.3 Å². The van der Waals surface area contributed by atoms with Crippen LogP contribution < -0.4 is 5.56 Å². The van der Waals surface area contributed by atoms with Crippen molar-refractivity contribution in [2.24, 2.45) is 0 Å². The lowest BCUT2D eigenvalue weighted by atomic mass is 10.3. The third-order valence-electron chi connectivity index (χ3n) is 2.88. The third-order valence-corrected chi connectivity index (χ3v) is 4.81. The van der Waals surface area contributed by atoms with E-state index >= 15 is 0 Å². The molecular weight excluding hydrogens is 370 g/mol. The molecule has 0 aliphatic carbocycles. The first-order valence-electron chi connectivity index (χ1n) is 6.20. The van der Waals surface area contributed by atoms with Gasteiger partial charge in [-0.1, -0.05) is 11.6 Å². The summed E-state index contributed by atoms with van der Waals surface area (Å²) in [5, 5.41) is -0.274. The van der Waals surface area contributed by atoms with Crippen molar-refractivity contribution in [3.05, 3.63) is 27.6 Å². The van der Waals surface area contributed by atoms with Gasteiger partial charge in [-0.05, 0) is 12.5 Å². The molecule has 0 aliphatic rings. The third kappa shape index (κ3) is 4.25. The maximum Gasteiger partial charge on any atom is 0.270 e. The van der Waals surface area contributed by atoms with Crippen LogP contribution in [-0.4, -0.2) is 47.9 Å². The number of sulfone groups is 1. The summed E-state index contributed by atoms with van der Waals surface area (Å²) < 4.78 is 54.4. The van der Waals surface area contributed by atoms with Gasteiger partial charge in [0.25, 0.3) is 15.7 Å². The van der Waals surface area contributed by atoms with Crippen molar-refractivity contribution in [2.45, 2.75) is 18.1 Å². The van der Waals surface area contributed by atoms with Gasteiger partial charge in [0.2, 0.25) is 15.0 Å². The second-order valence-corrected chi connectivity index (χ2v) is 8.68. The second-order valence-electron chi connectivity index (χ2n) is 4.79. The van der Waals surface area contributed by atoms with Crippen LogP contribution in [0.25, 0.3) is 11.0 Å². The van der Waals surface area contributed by atoms with Gasteiger partial charge in [-0.15, -0.1) is 0 Å². The fourth-order valence-electron chi connectivity index (χ4n) is 1.90. The number of halogens is 1. The largest absolute Gasteiger partial charge is 0.291 e. The van der Waals surface area contributed by atoms with Crippen molar-refractivity contribution >= 4 is 42.6 Å². The first-order valence-corrected chi connectivity index (χ1v) is 10.1. The Balaban J connectivity index is 2.59. The van der Waals surface area contributed by atoms with Gasteiger partial charge in [-0.25, -0.2) is 13.4 Å². The summed E-state index contributed by atoms with van der Waals surface area (Å²) >= 11 is 5.82. The van der Waals surface area contributed by atoms with Crippen LogP contribution in [0, 0.1) is 0 Å². The van der Waals surface area contributed by atoms with Crippen LogP contribution in [0.4, 0.5) is 0 Å². The van der Waals surface area contributed by atoms with Gasteiger partial charge in [-0.3, -0.25) is 13.9 Å². The molecule has 9 nitrogen and oxygen atoms in total. The van der Waals surface area contributed by atoms with E-state index in [4.69, 9.17) is 16.2 Å². The first-order chi connectivity index (χ1) is 10.5. The van der Waals surface area contributed by atoms with Crippen molar-refractivity contribution in [3.63, 3.8) is 0 Å². The van der Waals surface area contributed by atoms with E-state index in [0.29, 0.717) is 5.39 Å². The van der Waals surface area contributed by atoms with Gasteiger partial charge in [0.1, 0.15) is 10.7 Å². The van der Waals surface area contributed by atoms with Crippen LogP contribution in [0.3, 0.4) is 0 Å². The molecular formula is C11H12ClN3O6S2. The summed E-state index contributed by atoms with van der Waals surface area (Å²) in [6.45, 7) is -0.115. The molecule has 0 saturated carbocycles. The SMILES string of the molecule is CS(=O)(=O)c1ncc2cc(Cl)c(=O)n(CCCS(=O)(=O)O)c2n1. The molecule has 2 aromatic heterocycles. The molecule has 0 fully saturated rings. The van der Waals surface area contributed by atoms with E-state index in [1.54, 1.807) is 0 Å². The maximum atomic E-state index is 12.1. The fourth-order valence-corrected chi connectivity index (χ4v) is 3.11. The highest BCUT2D eigenvalue weighted by atomic mass is 35.5. The van der Waals surface area contributed by atoms with E-state index in [2.05, 4.69) is 9.97 Å². The molecule has 23 heavy (non-hydrogen) atoms. The maximum absolute atomic E-state index is 12.1. The van der Waals surface area contributed by atoms with E-state index in [-0.39, 0.29) is 23.6 Å². The summed E-state index contributed by atoms with van der Waals surface area (Å²) in [5.74, 6) is -0.558. The van der Waals surface area contributed by atoms with Crippen LogP contribution in [0.1, 0.15) is 6.42 Å². The van der Waals surface area contributed by atoms with Crippen LogP contribution in [0.2, 0.25) is 5.02 Å². The standard InChI is InChI=1S/C11H12ClN3O6S2/c1-22(17,18)11-13-6-7-5-8(12)10(16)15(9(7)14-11)3-2-4-23(19,20)21/h5-6H,2-4H2,1H3,(H,19,20,21). The topological polar surface area (TPSA) is 136 Å². The van der Waals surface area contributed by atoms with E-state index in [9.17, 15) is 21.6 Å². The number of aryl methyl sites for hydroxylation is 1. The number of pyridine rings is 1. The van der Waals surface area contributed by atoms with Crippen molar-refractivity contribution < 1.29 is 21.4 Å². The first kappa shape index (κ1) is 17.8. The van der Waals surface area contributed by atoms with Gasteiger partial charge in [0.05, 0.1) is 5.75 Å². The van der Waals surface area contributed by atoms with Gasteiger partial charge < -0.3 is 0 Å². The molecule has 0 aromatic carbocycles. The molecule has 126 valence electrons. The Kier molecular flexibility index (Phi) is 4.76. The van der Waals surface area contributed by atoms with Crippen LogP contribution >= 0.6 is 11.6 Å². The number of rotatable bonds is 5. The molecule has 0 spiro atoms. The Morgan fingerprint density at radius 3 is 2.52 bits per heavy atom. The monoisotopic (exact) mass is 381 g/mol. The lowest BCUT2D eigenvalue weighted by Gasteiger charge is -2.10. The highest BCUT2D eigenvalue weighted by molar-refractivity contribution is 7.90. The van der Waals surface area contributed by atoms with Crippen LogP contribution in [0.15, 0.2) is 22.2 Å². The summed E-state index contributed by atoms with van der Waals surface area (Å²) in [5.41, 5.74) is -0.627. The molecule has 1 N–H and O–H groups in total. The van der Waals surface area contributed by atoms with Crippen LogP contribution in [0.5, 0.6) is 0 Å². The average Bonchev–Trinajstić information content (AvgIpc) is 2.40. The Labute approximate surface area is 136 Å². The Morgan fingerprint density at radius 1 is 1.30 bits per heavy atom. The molecule has 0 aliphatic heterocycles. The van der Waals surface area contributed by atoms with Gasteiger partial charge in [0, 0.05) is 24.4 Å². The van der Waals surface area contributed by atoms with Gasteiger partial charge >= 0.3 is 0 Å². The van der Waals surface area contributed by atoms with Gasteiger partial charge in [0.15, 0.2) is 0 Å². The minimum absolute atomic E-state index is 0.0187. The number of fused-ring (bicyclic) bond motifs is 1. The Hall–Kier alpha value is -1.56. The molecule has 2 aromatic rings. The predicted octanol–water partition coefficient (Wildman–Crippen LogP) is 0.126. The minimum atomic E-state index is -4.18. The molecule has 0 saturated heterocycles. The van der Waals surface area contributed by atoms with Crippen LogP contribution in [-0.2, 0) is 26.5 Å². The molecule has 0 radical (unpaired) electrons. The second kappa shape index (κ2) is 6.15. The molecule has 2 heterocycles. The molecule has 0 bridgehead atoms. The smallest absolute Gasteiger partial charge is 0.270 e.